The molecule has 0 aromatic heterocycles. The number of rotatable bonds is 10. The lowest BCUT2D eigenvalue weighted by Gasteiger charge is -2.25. The Morgan fingerprint density at radius 3 is 2.13 bits per heavy atom. The summed E-state index contributed by atoms with van der Waals surface area (Å²) >= 11 is 0. The SMILES string of the molecule is COc1ccc(S(=O)(=O)N(CC(=O)Nc2ccccc2C(=O)NC(C)C)c2cc(C)cc(C)c2)cc1OC. The van der Waals surface area contributed by atoms with E-state index in [1.54, 1.807) is 36.4 Å². The van der Waals surface area contributed by atoms with E-state index in [0.717, 1.165) is 15.4 Å². The molecule has 0 unspecified atom stereocenters. The maximum atomic E-state index is 13.9. The molecule has 0 aliphatic rings. The molecular formula is C28H33N3O6S. The molecule has 0 spiro atoms. The summed E-state index contributed by atoms with van der Waals surface area (Å²) in [6.07, 6.45) is 0. The summed E-state index contributed by atoms with van der Waals surface area (Å²) < 4.78 is 39.4. The van der Waals surface area contributed by atoms with Gasteiger partial charge in [0, 0.05) is 12.1 Å². The second kappa shape index (κ2) is 12.0. The highest BCUT2D eigenvalue weighted by Gasteiger charge is 2.29. The van der Waals surface area contributed by atoms with E-state index in [2.05, 4.69) is 10.6 Å². The topological polar surface area (TPSA) is 114 Å². The number of carbonyl (C=O) groups is 2. The fraction of sp³-hybridized carbons (Fsp3) is 0.286. The fourth-order valence-electron chi connectivity index (χ4n) is 3.96. The molecule has 202 valence electrons. The normalized spacial score (nSPS) is 11.1. The Balaban J connectivity index is 2.02. The third kappa shape index (κ3) is 6.63. The Kier molecular flexibility index (Phi) is 9.00. The van der Waals surface area contributed by atoms with Crippen LogP contribution in [0.4, 0.5) is 11.4 Å². The largest absolute Gasteiger partial charge is 0.493 e. The molecule has 0 saturated carbocycles. The Morgan fingerprint density at radius 1 is 0.895 bits per heavy atom. The first kappa shape index (κ1) is 28.5. The molecule has 0 radical (unpaired) electrons. The minimum absolute atomic E-state index is 0.0705. The molecule has 0 fully saturated rings. The number of amides is 2. The highest BCUT2D eigenvalue weighted by atomic mass is 32.2. The molecule has 3 rings (SSSR count). The molecule has 2 N–H and O–H groups in total. The fourth-order valence-corrected chi connectivity index (χ4v) is 5.38. The predicted octanol–water partition coefficient (Wildman–Crippen LogP) is 4.29. The van der Waals surface area contributed by atoms with E-state index in [4.69, 9.17) is 9.47 Å². The Hall–Kier alpha value is -4.05. The number of carbonyl (C=O) groups excluding carboxylic acids is 2. The second-order valence-corrected chi connectivity index (χ2v) is 11.0. The average Bonchev–Trinajstić information content (AvgIpc) is 2.86. The van der Waals surface area contributed by atoms with Gasteiger partial charge in [0.15, 0.2) is 11.5 Å². The van der Waals surface area contributed by atoms with E-state index in [0.29, 0.717) is 11.4 Å². The first-order chi connectivity index (χ1) is 18.0. The molecule has 0 atom stereocenters. The van der Waals surface area contributed by atoms with Gasteiger partial charge < -0.3 is 20.1 Å². The Labute approximate surface area is 223 Å². The minimum atomic E-state index is -4.22. The maximum absolute atomic E-state index is 13.9. The molecular weight excluding hydrogens is 506 g/mol. The molecule has 0 aliphatic carbocycles. The van der Waals surface area contributed by atoms with Gasteiger partial charge in [-0.3, -0.25) is 13.9 Å². The van der Waals surface area contributed by atoms with Crippen LogP contribution in [-0.2, 0) is 14.8 Å². The zero-order valence-corrected chi connectivity index (χ0v) is 23.2. The maximum Gasteiger partial charge on any atom is 0.264 e. The molecule has 0 saturated heterocycles. The third-order valence-electron chi connectivity index (χ3n) is 5.59. The number of sulfonamides is 1. The van der Waals surface area contributed by atoms with E-state index in [1.165, 1.54) is 32.4 Å². The standard InChI is InChI=1S/C28H33N3O6S/c1-18(2)29-28(33)23-9-7-8-10-24(23)30-27(32)17-31(21-14-19(3)13-20(4)15-21)38(34,35)22-11-12-25(36-5)26(16-22)37-6/h7-16,18H,17H2,1-6H3,(H,29,33)(H,30,32). The average molecular weight is 540 g/mol. The van der Waals surface area contributed by atoms with Crippen LogP contribution in [0, 0.1) is 13.8 Å². The van der Waals surface area contributed by atoms with Crippen LogP contribution in [0.3, 0.4) is 0 Å². The van der Waals surface area contributed by atoms with Crippen molar-refractivity contribution in [1.29, 1.82) is 0 Å². The van der Waals surface area contributed by atoms with E-state index < -0.39 is 22.5 Å². The number of anilines is 2. The molecule has 2 amide bonds. The minimum Gasteiger partial charge on any atom is -0.493 e. The van der Waals surface area contributed by atoms with Gasteiger partial charge in [-0.05, 0) is 75.2 Å². The highest BCUT2D eigenvalue weighted by Crippen LogP contribution is 2.33. The Morgan fingerprint density at radius 2 is 1.53 bits per heavy atom. The van der Waals surface area contributed by atoms with E-state index in [9.17, 15) is 18.0 Å². The molecule has 0 bridgehead atoms. The molecule has 38 heavy (non-hydrogen) atoms. The van der Waals surface area contributed by atoms with Gasteiger partial charge >= 0.3 is 0 Å². The highest BCUT2D eigenvalue weighted by molar-refractivity contribution is 7.92. The van der Waals surface area contributed by atoms with Crippen LogP contribution in [0.2, 0.25) is 0 Å². The van der Waals surface area contributed by atoms with Gasteiger partial charge in [-0.1, -0.05) is 18.2 Å². The van der Waals surface area contributed by atoms with Crippen LogP contribution in [-0.4, -0.2) is 47.0 Å². The molecule has 3 aromatic carbocycles. The summed E-state index contributed by atoms with van der Waals surface area (Å²) in [5, 5.41) is 5.51. The van der Waals surface area contributed by atoms with Crippen LogP contribution in [0.5, 0.6) is 11.5 Å². The van der Waals surface area contributed by atoms with Crippen LogP contribution < -0.4 is 24.4 Å². The summed E-state index contributed by atoms with van der Waals surface area (Å²) in [5.74, 6) is -0.347. The van der Waals surface area contributed by atoms with E-state index in [1.807, 2.05) is 33.8 Å². The second-order valence-electron chi connectivity index (χ2n) is 9.10. The van der Waals surface area contributed by atoms with Crippen molar-refractivity contribution in [3.8, 4) is 11.5 Å². The number of nitrogens with one attached hydrogen (secondary N) is 2. The monoisotopic (exact) mass is 539 g/mol. The molecule has 3 aromatic rings. The first-order valence-electron chi connectivity index (χ1n) is 12.0. The summed E-state index contributed by atoms with van der Waals surface area (Å²) in [6.45, 7) is 6.84. The van der Waals surface area contributed by atoms with Crippen molar-refractivity contribution in [1.82, 2.24) is 5.32 Å². The third-order valence-corrected chi connectivity index (χ3v) is 7.36. The van der Waals surface area contributed by atoms with Gasteiger partial charge in [0.25, 0.3) is 15.9 Å². The summed E-state index contributed by atoms with van der Waals surface area (Å²) in [4.78, 5) is 25.8. The molecule has 0 aliphatic heterocycles. The van der Waals surface area contributed by atoms with Gasteiger partial charge in [-0.2, -0.15) is 0 Å². The van der Waals surface area contributed by atoms with Crippen LogP contribution >= 0.6 is 0 Å². The number of ether oxygens (including phenoxy) is 2. The van der Waals surface area contributed by atoms with E-state index >= 15 is 0 Å². The predicted molar refractivity (Wildman–Crippen MR) is 148 cm³/mol. The van der Waals surface area contributed by atoms with Crippen LogP contribution in [0.1, 0.15) is 35.3 Å². The van der Waals surface area contributed by atoms with Gasteiger partial charge in [0.05, 0.1) is 36.1 Å². The summed E-state index contributed by atoms with van der Waals surface area (Å²) in [7, 11) is -1.35. The lowest BCUT2D eigenvalue weighted by molar-refractivity contribution is -0.114. The summed E-state index contributed by atoms with van der Waals surface area (Å²) in [5.41, 5.74) is 2.56. The molecule has 9 nitrogen and oxygen atoms in total. The number of hydrogen-bond acceptors (Lipinski definition) is 6. The zero-order chi connectivity index (χ0) is 28.0. The van der Waals surface area contributed by atoms with Gasteiger partial charge in [0.1, 0.15) is 6.54 Å². The van der Waals surface area contributed by atoms with Crippen molar-refractivity contribution >= 4 is 33.2 Å². The number of benzene rings is 3. The number of para-hydroxylation sites is 1. The van der Waals surface area contributed by atoms with Gasteiger partial charge in [-0.15, -0.1) is 0 Å². The van der Waals surface area contributed by atoms with Crippen molar-refractivity contribution in [2.24, 2.45) is 0 Å². The number of methoxy groups -OCH3 is 2. The van der Waals surface area contributed by atoms with E-state index in [-0.39, 0.29) is 33.8 Å². The van der Waals surface area contributed by atoms with Gasteiger partial charge in [0.2, 0.25) is 5.91 Å². The van der Waals surface area contributed by atoms with Crippen molar-refractivity contribution in [2.45, 2.75) is 38.6 Å². The van der Waals surface area contributed by atoms with Crippen molar-refractivity contribution in [3.63, 3.8) is 0 Å². The van der Waals surface area contributed by atoms with Crippen molar-refractivity contribution < 1.29 is 27.5 Å². The lowest BCUT2D eigenvalue weighted by atomic mass is 10.1. The smallest absolute Gasteiger partial charge is 0.264 e. The van der Waals surface area contributed by atoms with Crippen molar-refractivity contribution in [3.05, 3.63) is 77.4 Å². The Bertz CT molecular complexity index is 1420. The van der Waals surface area contributed by atoms with Crippen LogP contribution in [0.25, 0.3) is 0 Å². The number of aryl methyl sites for hydroxylation is 2. The van der Waals surface area contributed by atoms with Crippen molar-refractivity contribution in [2.75, 3.05) is 30.4 Å². The summed E-state index contributed by atoms with van der Waals surface area (Å²) in [6, 6.07) is 16.0. The number of nitrogens with zero attached hydrogens (tertiary/aromatic N) is 1. The molecule has 10 heteroatoms. The molecule has 0 heterocycles. The number of hydrogen-bond donors (Lipinski definition) is 2. The lowest BCUT2D eigenvalue weighted by Crippen LogP contribution is -2.38. The van der Waals surface area contributed by atoms with Gasteiger partial charge in [-0.25, -0.2) is 8.42 Å². The first-order valence-corrected chi connectivity index (χ1v) is 13.4. The zero-order valence-electron chi connectivity index (χ0n) is 22.4. The van der Waals surface area contributed by atoms with Crippen LogP contribution in [0.15, 0.2) is 65.6 Å². The quantitative estimate of drug-likeness (QED) is 0.397.